The number of rotatable bonds is 3. The fraction of sp³-hybridized carbons (Fsp3) is 0. The lowest BCUT2D eigenvalue weighted by atomic mass is 9.95. The van der Waals surface area contributed by atoms with Gasteiger partial charge < -0.3 is 0 Å². The third-order valence-electron chi connectivity index (χ3n) is 7.93. The molecule has 0 amide bonds. The van der Waals surface area contributed by atoms with Gasteiger partial charge >= 0.3 is 0 Å². The molecule has 0 radical (unpaired) electrons. The highest BCUT2D eigenvalue weighted by Crippen LogP contribution is 2.39. The van der Waals surface area contributed by atoms with Gasteiger partial charge in [-0.05, 0) is 69.1 Å². The predicted octanol–water partition coefficient (Wildman–Crippen LogP) is 9.20. The smallest absolute Gasteiger partial charge is 0.263 e. The molecule has 2 heteroatoms. The van der Waals surface area contributed by atoms with Gasteiger partial charge in [-0.25, -0.2) is 0 Å². The van der Waals surface area contributed by atoms with Crippen LogP contribution in [0.15, 0.2) is 144 Å². The zero-order valence-electron chi connectivity index (χ0n) is 21.1. The van der Waals surface area contributed by atoms with E-state index in [1.807, 2.05) is 34.7 Å². The molecule has 0 spiro atoms. The fourth-order valence-electron chi connectivity index (χ4n) is 6.06. The molecule has 6 aromatic carbocycles. The van der Waals surface area contributed by atoms with E-state index in [0.29, 0.717) is 0 Å². The van der Waals surface area contributed by atoms with Gasteiger partial charge in [-0.2, -0.15) is 0 Å². The molecule has 182 valence electrons. The summed E-state index contributed by atoms with van der Waals surface area (Å²) in [7, 11) is 0. The number of nitrogens with zero attached hydrogens (tertiary/aromatic N) is 1. The maximum absolute atomic E-state index is 14.2. The molecule has 2 nitrogen and oxygen atoms in total. The van der Waals surface area contributed by atoms with Crippen LogP contribution < -0.4 is 5.56 Å². The van der Waals surface area contributed by atoms with E-state index in [1.54, 1.807) is 0 Å². The topological polar surface area (TPSA) is 21.5 Å². The minimum atomic E-state index is 0.0233. The van der Waals surface area contributed by atoms with Crippen molar-refractivity contribution in [3.8, 4) is 33.4 Å². The first kappa shape index (κ1) is 21.8. The molecule has 0 saturated carbocycles. The lowest BCUT2D eigenvalue weighted by Crippen LogP contribution is -2.13. The van der Waals surface area contributed by atoms with Crippen molar-refractivity contribution in [1.29, 1.82) is 0 Å². The normalized spacial score (nSPS) is 11.7. The molecule has 0 aliphatic rings. The summed E-state index contributed by atoms with van der Waals surface area (Å²) in [6, 6.07) is 48.4. The highest BCUT2D eigenvalue weighted by molar-refractivity contribution is 6.22. The molecule has 0 unspecified atom stereocenters. The largest absolute Gasteiger partial charge is 0.275 e. The summed E-state index contributed by atoms with van der Waals surface area (Å²) in [6.07, 6.45) is 0. The average molecular weight is 498 g/mol. The average Bonchev–Trinajstić information content (AvgIpc) is 3.35. The van der Waals surface area contributed by atoms with Gasteiger partial charge in [-0.15, -0.1) is 0 Å². The van der Waals surface area contributed by atoms with Crippen LogP contribution in [0.2, 0.25) is 0 Å². The monoisotopic (exact) mass is 497 g/mol. The first-order valence-electron chi connectivity index (χ1n) is 13.2. The SMILES string of the molecule is O=c1c2cc(-c3ccccc3)ccc2c2cc(-c3ccccc3)cc3c4cc(-c5ccccc5)ccc4n1c23. The van der Waals surface area contributed by atoms with Gasteiger partial charge in [-0.3, -0.25) is 9.20 Å². The third kappa shape index (κ3) is 3.32. The first-order valence-corrected chi connectivity index (χ1v) is 13.2. The Hall–Kier alpha value is -5.21. The van der Waals surface area contributed by atoms with Crippen LogP contribution in [-0.4, -0.2) is 4.40 Å². The van der Waals surface area contributed by atoms with Gasteiger partial charge in [0.1, 0.15) is 0 Å². The standard InChI is InChI=1S/C37H23NO/c39-37-34-21-27(24-10-4-1-5-11-24)16-18-30(34)32-22-29(26-14-8-3-9-15-26)23-33-31-20-28(25-12-6-2-7-13-25)17-19-35(31)38(37)36(32)33/h1-23H. The van der Waals surface area contributed by atoms with Crippen LogP contribution in [0.25, 0.3) is 71.3 Å². The molecular formula is C37H23NO. The Kier molecular flexibility index (Phi) is 4.71. The van der Waals surface area contributed by atoms with Crippen LogP contribution in [-0.2, 0) is 0 Å². The molecule has 8 rings (SSSR count). The van der Waals surface area contributed by atoms with Crippen LogP contribution in [0, 0.1) is 0 Å². The minimum Gasteiger partial charge on any atom is -0.275 e. The molecule has 39 heavy (non-hydrogen) atoms. The van der Waals surface area contributed by atoms with Crippen molar-refractivity contribution in [3.63, 3.8) is 0 Å². The van der Waals surface area contributed by atoms with Crippen molar-refractivity contribution in [2.75, 3.05) is 0 Å². The number of hydrogen-bond acceptors (Lipinski definition) is 1. The van der Waals surface area contributed by atoms with E-state index < -0.39 is 0 Å². The second-order valence-corrected chi connectivity index (χ2v) is 10.2. The molecular weight excluding hydrogens is 474 g/mol. The summed E-state index contributed by atoms with van der Waals surface area (Å²) >= 11 is 0. The van der Waals surface area contributed by atoms with Crippen LogP contribution in [0.1, 0.15) is 0 Å². The Labute approximate surface area is 225 Å². The number of aromatic nitrogens is 1. The Morgan fingerprint density at radius 2 is 0.821 bits per heavy atom. The van der Waals surface area contributed by atoms with E-state index in [4.69, 9.17) is 0 Å². The van der Waals surface area contributed by atoms with E-state index in [9.17, 15) is 4.79 Å². The summed E-state index contributed by atoms with van der Waals surface area (Å²) in [6.45, 7) is 0. The molecule has 8 aromatic rings. The zero-order valence-corrected chi connectivity index (χ0v) is 21.1. The fourth-order valence-corrected chi connectivity index (χ4v) is 6.06. The lowest BCUT2D eigenvalue weighted by Gasteiger charge is -2.11. The molecule has 0 N–H and O–H groups in total. The summed E-state index contributed by atoms with van der Waals surface area (Å²) in [5.74, 6) is 0. The highest BCUT2D eigenvalue weighted by Gasteiger charge is 2.19. The number of fused-ring (bicyclic) bond motifs is 5. The van der Waals surface area contributed by atoms with Gasteiger partial charge in [-0.1, -0.05) is 109 Å². The predicted molar refractivity (Wildman–Crippen MR) is 164 cm³/mol. The van der Waals surface area contributed by atoms with Crippen LogP contribution >= 0.6 is 0 Å². The van der Waals surface area contributed by atoms with Gasteiger partial charge in [0.2, 0.25) is 0 Å². The van der Waals surface area contributed by atoms with E-state index in [2.05, 4.69) is 109 Å². The minimum absolute atomic E-state index is 0.0233. The Morgan fingerprint density at radius 1 is 0.359 bits per heavy atom. The number of hydrogen-bond donors (Lipinski definition) is 0. The second-order valence-electron chi connectivity index (χ2n) is 10.2. The molecule has 0 atom stereocenters. The van der Waals surface area contributed by atoms with Crippen molar-refractivity contribution in [3.05, 3.63) is 150 Å². The first-order chi connectivity index (χ1) is 19.3. The van der Waals surface area contributed by atoms with E-state index in [0.717, 1.165) is 71.3 Å². The Morgan fingerprint density at radius 3 is 1.41 bits per heavy atom. The van der Waals surface area contributed by atoms with Crippen LogP contribution in [0.5, 0.6) is 0 Å². The van der Waals surface area contributed by atoms with E-state index in [1.165, 1.54) is 0 Å². The Balaban J connectivity index is 1.53. The summed E-state index contributed by atoms with van der Waals surface area (Å²) in [5, 5.41) is 5.01. The van der Waals surface area contributed by atoms with Gasteiger partial charge in [0, 0.05) is 21.5 Å². The molecule has 0 fully saturated rings. The molecule has 2 aromatic heterocycles. The van der Waals surface area contributed by atoms with Gasteiger partial charge in [0.25, 0.3) is 5.56 Å². The number of benzene rings is 6. The Bertz CT molecular complexity index is 2210. The third-order valence-corrected chi connectivity index (χ3v) is 7.93. The molecule has 0 saturated heterocycles. The molecule has 2 heterocycles. The van der Waals surface area contributed by atoms with E-state index >= 15 is 0 Å². The van der Waals surface area contributed by atoms with Crippen LogP contribution in [0.3, 0.4) is 0 Å². The molecule has 0 aliphatic carbocycles. The van der Waals surface area contributed by atoms with Crippen molar-refractivity contribution in [1.82, 2.24) is 4.40 Å². The van der Waals surface area contributed by atoms with Crippen LogP contribution in [0.4, 0.5) is 0 Å². The van der Waals surface area contributed by atoms with Gasteiger partial charge in [0.05, 0.1) is 11.0 Å². The highest BCUT2D eigenvalue weighted by atomic mass is 16.1. The maximum atomic E-state index is 14.2. The summed E-state index contributed by atoms with van der Waals surface area (Å²) in [4.78, 5) is 14.2. The van der Waals surface area contributed by atoms with Crippen molar-refractivity contribution in [2.24, 2.45) is 0 Å². The number of pyridine rings is 1. The quantitative estimate of drug-likeness (QED) is 0.223. The zero-order chi connectivity index (χ0) is 25.9. The van der Waals surface area contributed by atoms with Crippen molar-refractivity contribution >= 4 is 38.0 Å². The second kappa shape index (κ2) is 8.41. The summed E-state index contributed by atoms with van der Waals surface area (Å²) in [5.41, 5.74) is 8.72. The van der Waals surface area contributed by atoms with Crippen molar-refractivity contribution in [2.45, 2.75) is 0 Å². The van der Waals surface area contributed by atoms with Crippen molar-refractivity contribution < 1.29 is 0 Å². The maximum Gasteiger partial charge on any atom is 0.263 e. The van der Waals surface area contributed by atoms with E-state index in [-0.39, 0.29) is 5.56 Å². The molecule has 0 bridgehead atoms. The summed E-state index contributed by atoms with van der Waals surface area (Å²) < 4.78 is 1.93. The molecule has 0 aliphatic heterocycles. The van der Waals surface area contributed by atoms with Gasteiger partial charge in [0.15, 0.2) is 0 Å². The lowest BCUT2D eigenvalue weighted by molar-refractivity contribution is 1.21.